The molecule has 0 spiro atoms. The third-order valence-electron chi connectivity index (χ3n) is 2.87. The number of methoxy groups -OCH3 is 1. The van der Waals surface area contributed by atoms with E-state index < -0.39 is 0 Å². The fourth-order valence-electron chi connectivity index (χ4n) is 1.95. The summed E-state index contributed by atoms with van der Waals surface area (Å²) in [6.45, 7) is 3.73. The van der Waals surface area contributed by atoms with E-state index in [2.05, 4.69) is 11.3 Å². The van der Waals surface area contributed by atoms with Crippen LogP contribution >= 0.6 is 0 Å². The number of esters is 1. The third-order valence-corrected chi connectivity index (χ3v) is 2.87. The van der Waals surface area contributed by atoms with Crippen LogP contribution in [0.15, 0.2) is 30.4 Å². The van der Waals surface area contributed by atoms with Gasteiger partial charge in [0.15, 0.2) is 0 Å². The summed E-state index contributed by atoms with van der Waals surface area (Å²) in [6.07, 6.45) is 0.476. The number of benzene rings is 1. The van der Waals surface area contributed by atoms with Crippen LogP contribution in [0.25, 0.3) is 0 Å². The lowest BCUT2D eigenvalue weighted by molar-refractivity contribution is -0.115. The summed E-state index contributed by atoms with van der Waals surface area (Å²) >= 11 is 0. The fraction of sp³-hybridized carbons (Fsp3) is 0.231. The van der Waals surface area contributed by atoms with E-state index in [1.54, 1.807) is 30.1 Å². The minimum Gasteiger partial charge on any atom is -0.465 e. The lowest BCUT2D eigenvalue weighted by Crippen LogP contribution is -2.32. The summed E-state index contributed by atoms with van der Waals surface area (Å²) in [6, 6.07) is 5.16. The first-order chi connectivity index (χ1) is 8.04. The maximum atomic E-state index is 11.7. The Morgan fingerprint density at radius 3 is 2.82 bits per heavy atom. The second-order valence-corrected chi connectivity index (χ2v) is 3.98. The second-order valence-electron chi connectivity index (χ2n) is 3.98. The maximum absolute atomic E-state index is 11.7. The molecule has 1 aromatic rings. The molecule has 88 valence electrons. The number of hydrogen-bond donors (Lipinski definition) is 0. The molecule has 1 heterocycles. The quantitative estimate of drug-likeness (QED) is 0.544. The monoisotopic (exact) mass is 231 g/mol. The minimum absolute atomic E-state index is 0.0803. The average Bonchev–Trinajstić information content (AvgIpc) is 2.34. The zero-order chi connectivity index (χ0) is 12.6. The molecule has 0 saturated heterocycles. The van der Waals surface area contributed by atoms with Crippen LogP contribution in [0.2, 0.25) is 0 Å². The van der Waals surface area contributed by atoms with Crippen molar-refractivity contribution in [1.29, 1.82) is 0 Å². The highest BCUT2D eigenvalue weighted by Crippen LogP contribution is 2.29. The summed E-state index contributed by atoms with van der Waals surface area (Å²) in [7, 11) is 3.04. The standard InChI is InChI=1S/C13H13NO3/c1-8-6-10-7-9(13(16)17-3)4-5-11(10)14(2)12(8)15/h4-5,7H,1,6H2,2-3H3. The van der Waals surface area contributed by atoms with Gasteiger partial charge in [-0.2, -0.15) is 0 Å². The maximum Gasteiger partial charge on any atom is 0.337 e. The lowest BCUT2D eigenvalue weighted by atomic mass is 9.96. The predicted molar refractivity (Wildman–Crippen MR) is 64.0 cm³/mol. The zero-order valence-electron chi connectivity index (χ0n) is 9.82. The first-order valence-corrected chi connectivity index (χ1v) is 5.21. The number of fused-ring (bicyclic) bond motifs is 1. The molecule has 0 fully saturated rings. The van der Waals surface area contributed by atoms with E-state index in [4.69, 9.17) is 0 Å². The van der Waals surface area contributed by atoms with Crippen LogP contribution in [0.4, 0.5) is 5.69 Å². The number of amides is 1. The SMILES string of the molecule is C=C1Cc2cc(C(=O)OC)ccc2N(C)C1=O. The molecule has 0 atom stereocenters. The van der Waals surface area contributed by atoms with Crippen LogP contribution in [0.1, 0.15) is 15.9 Å². The number of hydrogen-bond acceptors (Lipinski definition) is 3. The first-order valence-electron chi connectivity index (χ1n) is 5.21. The van der Waals surface area contributed by atoms with Gasteiger partial charge in [0.25, 0.3) is 5.91 Å². The predicted octanol–water partition coefficient (Wildman–Crippen LogP) is 1.55. The molecule has 1 aromatic carbocycles. The van der Waals surface area contributed by atoms with E-state index in [9.17, 15) is 9.59 Å². The van der Waals surface area contributed by atoms with Crippen LogP contribution in [0.5, 0.6) is 0 Å². The molecule has 0 radical (unpaired) electrons. The summed E-state index contributed by atoms with van der Waals surface area (Å²) in [4.78, 5) is 24.6. The van der Waals surface area contributed by atoms with Gasteiger partial charge in [-0.25, -0.2) is 4.79 Å². The van der Waals surface area contributed by atoms with Crippen molar-refractivity contribution in [3.05, 3.63) is 41.5 Å². The van der Waals surface area contributed by atoms with Gasteiger partial charge in [0.05, 0.1) is 12.7 Å². The molecule has 0 saturated carbocycles. The number of ether oxygens (including phenoxy) is 1. The molecular weight excluding hydrogens is 218 g/mol. The van der Waals surface area contributed by atoms with E-state index in [-0.39, 0.29) is 11.9 Å². The number of carbonyl (C=O) groups is 2. The Morgan fingerprint density at radius 2 is 2.18 bits per heavy atom. The van der Waals surface area contributed by atoms with Crippen molar-refractivity contribution < 1.29 is 14.3 Å². The van der Waals surface area contributed by atoms with Crippen molar-refractivity contribution >= 4 is 17.6 Å². The van der Waals surface area contributed by atoms with Crippen LogP contribution in [0, 0.1) is 0 Å². The molecular formula is C13H13NO3. The van der Waals surface area contributed by atoms with Gasteiger partial charge >= 0.3 is 5.97 Å². The van der Waals surface area contributed by atoms with Crippen LogP contribution in [0.3, 0.4) is 0 Å². The molecule has 0 aromatic heterocycles. The number of rotatable bonds is 1. The Bertz CT molecular complexity index is 519. The minimum atomic E-state index is -0.377. The number of anilines is 1. The summed E-state index contributed by atoms with van der Waals surface area (Å²) in [5.41, 5.74) is 2.75. The average molecular weight is 231 g/mol. The van der Waals surface area contributed by atoms with Gasteiger partial charge in [0, 0.05) is 24.7 Å². The molecule has 4 nitrogen and oxygen atoms in total. The van der Waals surface area contributed by atoms with Gasteiger partial charge in [-0.15, -0.1) is 0 Å². The topological polar surface area (TPSA) is 46.6 Å². The molecule has 4 heteroatoms. The zero-order valence-corrected chi connectivity index (χ0v) is 9.82. The van der Waals surface area contributed by atoms with Crippen LogP contribution in [-0.4, -0.2) is 26.0 Å². The van der Waals surface area contributed by atoms with Crippen molar-refractivity contribution in [3.8, 4) is 0 Å². The Morgan fingerprint density at radius 1 is 1.47 bits per heavy atom. The van der Waals surface area contributed by atoms with Gasteiger partial charge in [-0.05, 0) is 23.8 Å². The van der Waals surface area contributed by atoms with Crippen molar-refractivity contribution in [2.24, 2.45) is 0 Å². The number of nitrogens with zero attached hydrogens (tertiary/aromatic N) is 1. The molecule has 17 heavy (non-hydrogen) atoms. The van der Waals surface area contributed by atoms with Crippen molar-refractivity contribution in [2.45, 2.75) is 6.42 Å². The first kappa shape index (κ1) is 11.4. The highest BCUT2D eigenvalue weighted by atomic mass is 16.5. The molecule has 0 unspecified atom stereocenters. The molecule has 0 bridgehead atoms. The van der Waals surface area contributed by atoms with Gasteiger partial charge in [-0.1, -0.05) is 6.58 Å². The Hall–Kier alpha value is -2.10. The molecule has 0 aliphatic carbocycles. The van der Waals surface area contributed by atoms with E-state index in [0.29, 0.717) is 17.6 Å². The van der Waals surface area contributed by atoms with Gasteiger partial charge < -0.3 is 9.64 Å². The Labute approximate surface area is 99.5 Å². The van der Waals surface area contributed by atoms with E-state index in [0.717, 1.165) is 11.3 Å². The van der Waals surface area contributed by atoms with Crippen LogP contribution in [-0.2, 0) is 16.0 Å². The summed E-state index contributed by atoms with van der Waals surface area (Å²) < 4.78 is 4.66. The smallest absolute Gasteiger partial charge is 0.337 e. The van der Waals surface area contributed by atoms with E-state index in [1.165, 1.54) is 7.11 Å². The molecule has 0 N–H and O–H groups in total. The third kappa shape index (κ3) is 1.82. The normalized spacial score (nSPS) is 14.6. The summed E-state index contributed by atoms with van der Waals surface area (Å²) in [5, 5.41) is 0. The largest absolute Gasteiger partial charge is 0.465 e. The van der Waals surface area contributed by atoms with Crippen molar-refractivity contribution in [2.75, 3.05) is 19.1 Å². The van der Waals surface area contributed by atoms with Gasteiger partial charge in [0.2, 0.25) is 0 Å². The molecule has 2 rings (SSSR count). The highest BCUT2D eigenvalue weighted by Gasteiger charge is 2.24. The van der Waals surface area contributed by atoms with Gasteiger partial charge in [-0.3, -0.25) is 4.79 Å². The Kier molecular flexibility index (Phi) is 2.71. The van der Waals surface area contributed by atoms with Crippen LogP contribution < -0.4 is 4.90 Å². The van der Waals surface area contributed by atoms with Gasteiger partial charge in [0.1, 0.15) is 0 Å². The number of carbonyl (C=O) groups excluding carboxylic acids is 2. The Balaban J connectivity index is 2.47. The van der Waals surface area contributed by atoms with E-state index in [1.807, 2.05) is 0 Å². The lowest BCUT2D eigenvalue weighted by Gasteiger charge is -2.27. The molecule has 1 aliphatic heterocycles. The molecule has 1 amide bonds. The van der Waals surface area contributed by atoms with Crippen molar-refractivity contribution in [1.82, 2.24) is 0 Å². The highest BCUT2D eigenvalue weighted by molar-refractivity contribution is 6.08. The number of likely N-dealkylation sites (N-methyl/N-ethyl adjacent to an activating group) is 1. The van der Waals surface area contributed by atoms with E-state index >= 15 is 0 Å². The second kappa shape index (κ2) is 4.05. The summed E-state index contributed by atoms with van der Waals surface area (Å²) in [5.74, 6) is -0.457. The fourth-order valence-corrected chi connectivity index (χ4v) is 1.95. The van der Waals surface area contributed by atoms with Crippen molar-refractivity contribution in [3.63, 3.8) is 0 Å². The molecule has 1 aliphatic rings.